The first-order valence-corrected chi connectivity index (χ1v) is 12.4. The van der Waals surface area contributed by atoms with E-state index < -0.39 is 29.9 Å². The molecular weight excluding hydrogens is 380 g/mol. The SMILES string of the molecule is CCCCCCCCCCCCCCCCCCCC(=O)C(O)(CO)C(O)C(C)=O. The fourth-order valence-corrected chi connectivity index (χ4v) is 3.89. The lowest BCUT2D eigenvalue weighted by Crippen LogP contribution is -2.55. The van der Waals surface area contributed by atoms with Crippen LogP contribution >= 0.6 is 0 Å². The summed E-state index contributed by atoms with van der Waals surface area (Å²) in [5.41, 5.74) is -2.36. The van der Waals surface area contributed by atoms with Crippen molar-refractivity contribution in [3.05, 3.63) is 0 Å². The van der Waals surface area contributed by atoms with Crippen LogP contribution in [0, 0.1) is 0 Å². The number of rotatable bonds is 22. The first-order valence-electron chi connectivity index (χ1n) is 12.4. The average molecular weight is 429 g/mol. The molecule has 2 atom stereocenters. The van der Waals surface area contributed by atoms with Crippen LogP contribution in [0.3, 0.4) is 0 Å². The molecule has 5 heteroatoms. The number of aliphatic hydroxyl groups excluding tert-OH is 2. The predicted molar refractivity (Wildman–Crippen MR) is 123 cm³/mol. The van der Waals surface area contributed by atoms with E-state index in [2.05, 4.69) is 6.92 Å². The maximum Gasteiger partial charge on any atom is 0.178 e. The van der Waals surface area contributed by atoms with E-state index in [1.165, 1.54) is 83.5 Å². The van der Waals surface area contributed by atoms with Gasteiger partial charge in [0.2, 0.25) is 0 Å². The zero-order chi connectivity index (χ0) is 22.7. The van der Waals surface area contributed by atoms with Crippen molar-refractivity contribution in [1.29, 1.82) is 0 Å². The highest BCUT2D eigenvalue weighted by Crippen LogP contribution is 2.18. The Labute approximate surface area is 184 Å². The monoisotopic (exact) mass is 428 g/mol. The van der Waals surface area contributed by atoms with Gasteiger partial charge in [0.1, 0.15) is 6.10 Å². The number of hydrogen-bond acceptors (Lipinski definition) is 5. The van der Waals surface area contributed by atoms with Crippen LogP contribution < -0.4 is 0 Å². The number of ketones is 2. The fourth-order valence-electron chi connectivity index (χ4n) is 3.89. The van der Waals surface area contributed by atoms with E-state index in [0.717, 1.165) is 26.2 Å². The molecule has 0 aromatic heterocycles. The number of unbranched alkanes of at least 4 members (excludes halogenated alkanes) is 16. The molecule has 30 heavy (non-hydrogen) atoms. The number of aliphatic hydroxyl groups is 3. The molecule has 0 aromatic rings. The number of carbonyl (C=O) groups excluding carboxylic acids is 2. The van der Waals surface area contributed by atoms with Gasteiger partial charge in [0.25, 0.3) is 0 Å². The van der Waals surface area contributed by atoms with Gasteiger partial charge in [0.15, 0.2) is 17.2 Å². The summed E-state index contributed by atoms with van der Waals surface area (Å²) >= 11 is 0. The lowest BCUT2D eigenvalue weighted by Gasteiger charge is -2.28. The second-order valence-electron chi connectivity index (χ2n) is 8.93. The van der Waals surface area contributed by atoms with Gasteiger partial charge in [-0.1, -0.05) is 110 Å². The van der Waals surface area contributed by atoms with E-state index in [1.54, 1.807) is 0 Å². The highest BCUT2D eigenvalue weighted by molar-refractivity contribution is 5.95. The minimum Gasteiger partial charge on any atom is -0.393 e. The van der Waals surface area contributed by atoms with Crippen molar-refractivity contribution in [1.82, 2.24) is 0 Å². The Balaban J connectivity index is 3.50. The van der Waals surface area contributed by atoms with Gasteiger partial charge in [-0.15, -0.1) is 0 Å². The van der Waals surface area contributed by atoms with Crippen molar-refractivity contribution in [2.75, 3.05) is 6.61 Å². The highest BCUT2D eigenvalue weighted by atomic mass is 16.4. The van der Waals surface area contributed by atoms with Crippen molar-refractivity contribution in [3.8, 4) is 0 Å². The molecule has 5 nitrogen and oxygen atoms in total. The standard InChI is InChI=1S/C25H48O5/c1-3-4-5-6-7-8-9-10-11-12-13-14-15-16-17-18-19-20-23(28)25(30,21-26)24(29)22(2)27/h24,26,29-30H,3-21H2,1-2H3. The summed E-state index contributed by atoms with van der Waals surface area (Å²) in [7, 11) is 0. The van der Waals surface area contributed by atoms with Crippen LogP contribution in [0.15, 0.2) is 0 Å². The van der Waals surface area contributed by atoms with Crippen LogP contribution in [-0.2, 0) is 9.59 Å². The summed E-state index contributed by atoms with van der Waals surface area (Å²) < 4.78 is 0. The second-order valence-corrected chi connectivity index (χ2v) is 8.93. The maximum atomic E-state index is 12.1. The first-order chi connectivity index (χ1) is 14.4. The Bertz CT molecular complexity index is 437. The van der Waals surface area contributed by atoms with E-state index in [9.17, 15) is 24.9 Å². The summed E-state index contributed by atoms with van der Waals surface area (Å²) in [5.74, 6) is -1.38. The van der Waals surface area contributed by atoms with Crippen LogP contribution in [0.2, 0.25) is 0 Å². The zero-order valence-corrected chi connectivity index (χ0v) is 19.7. The second kappa shape index (κ2) is 18.9. The molecular formula is C25H48O5. The van der Waals surface area contributed by atoms with Crippen LogP contribution in [0.25, 0.3) is 0 Å². The highest BCUT2D eigenvalue weighted by Gasteiger charge is 2.44. The molecule has 0 aliphatic carbocycles. The molecule has 0 aliphatic heterocycles. The molecule has 0 amide bonds. The van der Waals surface area contributed by atoms with Gasteiger partial charge in [0.05, 0.1) is 6.61 Å². The fraction of sp³-hybridized carbons (Fsp3) is 0.920. The Morgan fingerprint density at radius 3 is 1.33 bits per heavy atom. The van der Waals surface area contributed by atoms with Crippen molar-refractivity contribution in [3.63, 3.8) is 0 Å². The maximum absolute atomic E-state index is 12.1. The molecule has 178 valence electrons. The third kappa shape index (κ3) is 13.5. The summed E-state index contributed by atoms with van der Waals surface area (Å²) in [5, 5.41) is 29.0. The van der Waals surface area contributed by atoms with Gasteiger partial charge in [-0.05, 0) is 13.3 Å². The zero-order valence-electron chi connectivity index (χ0n) is 19.7. The largest absolute Gasteiger partial charge is 0.393 e. The minimum atomic E-state index is -2.36. The van der Waals surface area contributed by atoms with E-state index in [0.29, 0.717) is 6.42 Å². The smallest absolute Gasteiger partial charge is 0.178 e. The van der Waals surface area contributed by atoms with Crippen molar-refractivity contribution in [2.45, 2.75) is 141 Å². The molecule has 3 N–H and O–H groups in total. The van der Waals surface area contributed by atoms with Crippen LogP contribution in [0.4, 0.5) is 0 Å². The predicted octanol–water partition coefficient (Wildman–Crippen LogP) is 5.27. The number of Topliss-reactive ketones (excluding diaryl/α,β-unsaturated/α-hetero) is 2. The van der Waals surface area contributed by atoms with Crippen LogP contribution in [0.1, 0.15) is 129 Å². The van der Waals surface area contributed by atoms with Gasteiger partial charge in [-0.25, -0.2) is 0 Å². The Morgan fingerprint density at radius 1 is 0.700 bits per heavy atom. The molecule has 0 fully saturated rings. The van der Waals surface area contributed by atoms with Gasteiger partial charge in [0, 0.05) is 6.42 Å². The van der Waals surface area contributed by atoms with Gasteiger partial charge >= 0.3 is 0 Å². The molecule has 0 saturated carbocycles. The van der Waals surface area contributed by atoms with E-state index >= 15 is 0 Å². The summed E-state index contributed by atoms with van der Waals surface area (Å²) in [4.78, 5) is 23.3. The number of hydrogen-bond donors (Lipinski definition) is 3. The molecule has 0 aliphatic rings. The Kier molecular flexibility index (Phi) is 18.5. The molecule has 2 unspecified atom stereocenters. The first kappa shape index (κ1) is 29.2. The van der Waals surface area contributed by atoms with Crippen molar-refractivity contribution >= 4 is 11.6 Å². The van der Waals surface area contributed by atoms with E-state index in [4.69, 9.17) is 0 Å². The number of carbonyl (C=O) groups is 2. The van der Waals surface area contributed by atoms with Crippen LogP contribution in [-0.4, -0.2) is 45.2 Å². The van der Waals surface area contributed by atoms with Gasteiger partial charge < -0.3 is 15.3 Å². The van der Waals surface area contributed by atoms with Gasteiger partial charge in [-0.2, -0.15) is 0 Å². The average Bonchev–Trinajstić information content (AvgIpc) is 2.74. The normalized spacial score (nSPS) is 14.4. The molecule has 0 bridgehead atoms. The topological polar surface area (TPSA) is 94.8 Å². The van der Waals surface area contributed by atoms with Crippen LogP contribution in [0.5, 0.6) is 0 Å². The van der Waals surface area contributed by atoms with E-state index in [-0.39, 0.29) is 6.42 Å². The molecule has 0 spiro atoms. The molecule has 0 radical (unpaired) electrons. The summed E-state index contributed by atoms with van der Waals surface area (Å²) in [6.07, 6.45) is 19.4. The molecule has 0 saturated heterocycles. The lowest BCUT2D eigenvalue weighted by atomic mass is 9.87. The minimum absolute atomic E-state index is 0.0694. The third-order valence-corrected chi connectivity index (χ3v) is 6.07. The summed E-state index contributed by atoms with van der Waals surface area (Å²) in [6, 6.07) is 0. The Hall–Kier alpha value is -0.780. The third-order valence-electron chi connectivity index (χ3n) is 6.07. The summed E-state index contributed by atoms with van der Waals surface area (Å²) in [6.45, 7) is 2.41. The molecule has 0 heterocycles. The molecule has 0 rings (SSSR count). The lowest BCUT2D eigenvalue weighted by molar-refractivity contribution is -0.164. The molecule has 0 aromatic carbocycles. The Morgan fingerprint density at radius 2 is 1.03 bits per heavy atom. The van der Waals surface area contributed by atoms with E-state index in [1.807, 2.05) is 0 Å². The van der Waals surface area contributed by atoms with Crippen molar-refractivity contribution in [2.24, 2.45) is 0 Å². The van der Waals surface area contributed by atoms with Crippen molar-refractivity contribution < 1.29 is 24.9 Å². The quantitative estimate of drug-likeness (QED) is 0.204. The van der Waals surface area contributed by atoms with Gasteiger partial charge in [-0.3, -0.25) is 9.59 Å².